The first kappa shape index (κ1) is 22.7. The fraction of sp³-hybridized carbons (Fsp3) is 0.0435. The standard InChI is InChI=1S/C23H19N5O5S/c1-15-5-6-16(14-19(15)27-22(30)20-4-2-13-33-20)21(29)26-17-7-9-18(10-8-17)34(31,32)28-23-24-11-3-12-25-23/h2-14H,1H3,(H,26,29)(H,27,30)(H,24,25,28). The van der Waals surface area contributed by atoms with Gasteiger partial charge < -0.3 is 15.1 Å². The minimum Gasteiger partial charge on any atom is -0.459 e. The van der Waals surface area contributed by atoms with Crippen LogP contribution in [0.4, 0.5) is 17.3 Å². The summed E-state index contributed by atoms with van der Waals surface area (Å²) in [7, 11) is -3.89. The van der Waals surface area contributed by atoms with Crippen molar-refractivity contribution in [3.05, 3.63) is 96.2 Å². The first-order valence-corrected chi connectivity index (χ1v) is 11.5. The third-order valence-corrected chi connectivity index (χ3v) is 6.05. The van der Waals surface area contributed by atoms with Crippen LogP contribution in [0.15, 0.2) is 88.6 Å². The van der Waals surface area contributed by atoms with Crippen LogP contribution in [0, 0.1) is 6.92 Å². The van der Waals surface area contributed by atoms with E-state index in [0.717, 1.165) is 5.56 Å². The zero-order valence-corrected chi connectivity index (χ0v) is 18.7. The summed E-state index contributed by atoms with van der Waals surface area (Å²) in [4.78, 5) is 32.6. The van der Waals surface area contributed by atoms with Gasteiger partial charge in [-0.05, 0) is 67.1 Å². The lowest BCUT2D eigenvalue weighted by Crippen LogP contribution is -2.16. The highest BCUT2D eigenvalue weighted by Gasteiger charge is 2.16. The Bertz CT molecular complexity index is 1420. The Morgan fingerprint density at radius 1 is 0.882 bits per heavy atom. The van der Waals surface area contributed by atoms with E-state index in [4.69, 9.17) is 4.42 Å². The highest BCUT2D eigenvalue weighted by Crippen LogP contribution is 2.21. The van der Waals surface area contributed by atoms with Crippen LogP contribution in [-0.2, 0) is 10.0 Å². The lowest BCUT2D eigenvalue weighted by molar-refractivity contribution is 0.0993. The van der Waals surface area contributed by atoms with E-state index < -0.39 is 21.8 Å². The average molecular weight is 478 g/mol. The first-order valence-electron chi connectivity index (χ1n) is 9.98. The lowest BCUT2D eigenvalue weighted by Gasteiger charge is -2.11. The molecule has 0 aliphatic heterocycles. The van der Waals surface area contributed by atoms with Crippen LogP contribution in [0.1, 0.15) is 26.5 Å². The van der Waals surface area contributed by atoms with Gasteiger partial charge >= 0.3 is 0 Å². The molecule has 0 saturated carbocycles. The van der Waals surface area contributed by atoms with Crippen LogP contribution in [-0.4, -0.2) is 30.2 Å². The molecule has 10 nitrogen and oxygen atoms in total. The molecule has 0 fully saturated rings. The van der Waals surface area contributed by atoms with Crippen molar-refractivity contribution in [2.24, 2.45) is 0 Å². The zero-order valence-electron chi connectivity index (χ0n) is 17.8. The average Bonchev–Trinajstić information content (AvgIpc) is 3.36. The van der Waals surface area contributed by atoms with Crippen LogP contribution in [0.25, 0.3) is 0 Å². The smallest absolute Gasteiger partial charge is 0.291 e. The van der Waals surface area contributed by atoms with Gasteiger partial charge in [0, 0.05) is 29.3 Å². The molecule has 0 aliphatic rings. The number of carbonyl (C=O) groups excluding carboxylic acids is 2. The summed E-state index contributed by atoms with van der Waals surface area (Å²) in [6, 6.07) is 15.2. The van der Waals surface area contributed by atoms with E-state index in [2.05, 4.69) is 25.3 Å². The fourth-order valence-corrected chi connectivity index (χ4v) is 3.90. The molecule has 4 rings (SSSR count). The summed E-state index contributed by atoms with van der Waals surface area (Å²) < 4.78 is 32.3. The number of anilines is 3. The molecule has 0 saturated heterocycles. The summed E-state index contributed by atoms with van der Waals surface area (Å²) in [5.41, 5.74) is 1.92. The molecular weight excluding hydrogens is 458 g/mol. The number of nitrogens with one attached hydrogen (secondary N) is 3. The van der Waals surface area contributed by atoms with Crippen LogP contribution in [0.5, 0.6) is 0 Å². The van der Waals surface area contributed by atoms with Gasteiger partial charge in [0.05, 0.1) is 11.2 Å². The quantitative estimate of drug-likeness (QED) is 0.368. The van der Waals surface area contributed by atoms with E-state index in [1.807, 2.05) is 0 Å². The van der Waals surface area contributed by atoms with Crippen LogP contribution in [0.2, 0.25) is 0 Å². The summed E-state index contributed by atoms with van der Waals surface area (Å²) in [5, 5.41) is 5.42. The molecule has 0 atom stereocenters. The van der Waals surface area contributed by atoms with Gasteiger partial charge in [0.25, 0.3) is 21.8 Å². The second kappa shape index (κ2) is 9.55. The molecule has 0 radical (unpaired) electrons. The Hall–Kier alpha value is -4.51. The maximum atomic E-state index is 12.7. The highest BCUT2D eigenvalue weighted by molar-refractivity contribution is 7.92. The van der Waals surface area contributed by atoms with Crippen molar-refractivity contribution in [2.75, 3.05) is 15.4 Å². The van der Waals surface area contributed by atoms with Gasteiger partial charge in [-0.15, -0.1) is 0 Å². The summed E-state index contributed by atoms with van der Waals surface area (Å²) in [6.45, 7) is 1.80. The first-order chi connectivity index (χ1) is 16.3. The summed E-state index contributed by atoms with van der Waals surface area (Å²) in [6.07, 6.45) is 4.23. The van der Waals surface area contributed by atoms with Crippen molar-refractivity contribution in [1.29, 1.82) is 0 Å². The number of aryl methyl sites for hydroxylation is 1. The minimum absolute atomic E-state index is 0.0174. The van der Waals surface area contributed by atoms with Gasteiger partial charge in [-0.25, -0.2) is 23.1 Å². The number of hydrogen-bond acceptors (Lipinski definition) is 7. The van der Waals surface area contributed by atoms with Crippen LogP contribution >= 0.6 is 0 Å². The molecule has 3 N–H and O–H groups in total. The molecule has 0 aliphatic carbocycles. The molecular formula is C23H19N5O5S. The van der Waals surface area contributed by atoms with E-state index in [1.165, 1.54) is 49.0 Å². The SMILES string of the molecule is Cc1ccc(C(=O)Nc2ccc(S(=O)(=O)Nc3ncccn3)cc2)cc1NC(=O)c1ccco1. The molecule has 2 heterocycles. The van der Waals surface area contributed by atoms with E-state index in [-0.39, 0.29) is 16.6 Å². The van der Waals surface area contributed by atoms with Gasteiger partial charge in [-0.1, -0.05) is 6.07 Å². The molecule has 11 heteroatoms. The van der Waals surface area contributed by atoms with Gasteiger partial charge in [-0.2, -0.15) is 0 Å². The fourth-order valence-electron chi connectivity index (χ4n) is 2.94. The Kier molecular flexibility index (Phi) is 6.37. The van der Waals surface area contributed by atoms with Crippen LogP contribution in [0.3, 0.4) is 0 Å². The monoisotopic (exact) mass is 477 g/mol. The Balaban J connectivity index is 1.45. The highest BCUT2D eigenvalue weighted by atomic mass is 32.2. The van der Waals surface area contributed by atoms with Crippen LogP contribution < -0.4 is 15.4 Å². The molecule has 172 valence electrons. The molecule has 2 aromatic carbocycles. The van der Waals surface area contributed by atoms with Gasteiger partial charge in [0.2, 0.25) is 5.95 Å². The second-order valence-electron chi connectivity index (χ2n) is 7.12. The number of rotatable bonds is 7. The van der Waals surface area contributed by atoms with Gasteiger partial charge in [-0.3, -0.25) is 9.59 Å². The van der Waals surface area contributed by atoms with E-state index in [9.17, 15) is 18.0 Å². The van der Waals surface area contributed by atoms with Gasteiger partial charge in [0.15, 0.2) is 5.76 Å². The summed E-state index contributed by atoms with van der Waals surface area (Å²) >= 11 is 0. The molecule has 34 heavy (non-hydrogen) atoms. The topological polar surface area (TPSA) is 143 Å². The number of amides is 2. The number of furan rings is 1. The van der Waals surface area contributed by atoms with Crippen molar-refractivity contribution < 1.29 is 22.4 Å². The number of benzene rings is 2. The molecule has 0 spiro atoms. The number of hydrogen-bond donors (Lipinski definition) is 3. The normalized spacial score (nSPS) is 11.0. The number of sulfonamides is 1. The van der Waals surface area contributed by atoms with Crippen molar-refractivity contribution in [3.8, 4) is 0 Å². The lowest BCUT2D eigenvalue weighted by atomic mass is 10.1. The zero-order chi connectivity index (χ0) is 24.1. The molecule has 4 aromatic rings. The Morgan fingerprint density at radius 2 is 1.62 bits per heavy atom. The minimum atomic E-state index is -3.89. The Morgan fingerprint density at radius 3 is 2.29 bits per heavy atom. The van der Waals surface area contributed by atoms with Crippen molar-refractivity contribution in [3.63, 3.8) is 0 Å². The van der Waals surface area contributed by atoms with E-state index >= 15 is 0 Å². The number of nitrogens with zero attached hydrogens (tertiary/aromatic N) is 2. The Labute approximate surface area is 195 Å². The third-order valence-electron chi connectivity index (χ3n) is 4.71. The van der Waals surface area contributed by atoms with Gasteiger partial charge in [0.1, 0.15) is 0 Å². The van der Waals surface area contributed by atoms with E-state index in [0.29, 0.717) is 16.9 Å². The second-order valence-corrected chi connectivity index (χ2v) is 8.80. The molecule has 2 aromatic heterocycles. The summed E-state index contributed by atoms with van der Waals surface area (Å²) in [5.74, 6) is -0.760. The largest absolute Gasteiger partial charge is 0.459 e. The molecule has 0 bridgehead atoms. The van der Waals surface area contributed by atoms with Crippen molar-refractivity contribution in [2.45, 2.75) is 11.8 Å². The van der Waals surface area contributed by atoms with E-state index in [1.54, 1.807) is 37.3 Å². The predicted octanol–water partition coefficient (Wildman–Crippen LogP) is 3.68. The predicted molar refractivity (Wildman–Crippen MR) is 125 cm³/mol. The maximum absolute atomic E-state index is 12.7. The number of carbonyl (C=O) groups is 2. The number of aromatic nitrogens is 2. The molecule has 0 unspecified atom stereocenters. The molecule has 2 amide bonds. The third kappa shape index (κ3) is 5.27. The van der Waals surface area contributed by atoms with Crippen molar-refractivity contribution in [1.82, 2.24) is 9.97 Å². The maximum Gasteiger partial charge on any atom is 0.291 e. The van der Waals surface area contributed by atoms with Crippen molar-refractivity contribution >= 4 is 39.2 Å².